The zero-order chi connectivity index (χ0) is 12.8. The zero-order valence-corrected chi connectivity index (χ0v) is 10.1. The molecule has 0 amide bonds. The first kappa shape index (κ1) is 12.2. The normalized spacial score (nSPS) is 11.3. The van der Waals surface area contributed by atoms with E-state index in [-0.39, 0.29) is 5.97 Å². The van der Waals surface area contributed by atoms with E-state index in [0.29, 0.717) is 17.9 Å². The second kappa shape index (κ2) is 5.87. The molecular formula is C15H14O3. The van der Waals surface area contributed by atoms with E-state index < -0.39 is 0 Å². The van der Waals surface area contributed by atoms with Gasteiger partial charge in [0.05, 0.1) is 18.4 Å². The van der Waals surface area contributed by atoms with Crippen LogP contribution in [0, 0.1) is 0 Å². The van der Waals surface area contributed by atoms with Crippen LogP contribution in [0.2, 0.25) is 0 Å². The zero-order valence-electron chi connectivity index (χ0n) is 10.1. The molecule has 92 valence electrons. The largest absolute Gasteiger partial charge is 0.465 e. The molecule has 0 unspecified atom stereocenters. The van der Waals surface area contributed by atoms with E-state index in [1.165, 1.54) is 0 Å². The summed E-state index contributed by atoms with van der Waals surface area (Å²) in [6, 6.07) is 13.0. The Kier molecular flexibility index (Phi) is 3.97. The average Bonchev–Trinajstić information content (AvgIpc) is 2.90. The van der Waals surface area contributed by atoms with Crippen LogP contribution in [0.5, 0.6) is 0 Å². The maximum absolute atomic E-state index is 11.9. The van der Waals surface area contributed by atoms with Gasteiger partial charge in [0.15, 0.2) is 0 Å². The molecule has 0 aliphatic rings. The second-order valence-electron chi connectivity index (χ2n) is 3.66. The quantitative estimate of drug-likeness (QED) is 0.609. The summed E-state index contributed by atoms with van der Waals surface area (Å²) < 4.78 is 10.3. The molecule has 0 bridgehead atoms. The summed E-state index contributed by atoms with van der Waals surface area (Å²) in [5, 5.41) is 0. The summed E-state index contributed by atoms with van der Waals surface area (Å²) in [5.41, 5.74) is 1.31. The predicted octanol–water partition coefficient (Wildman–Crippen LogP) is 3.38. The third kappa shape index (κ3) is 2.88. The summed E-state index contributed by atoms with van der Waals surface area (Å²) in [6.07, 6.45) is 3.26. The van der Waals surface area contributed by atoms with Gasteiger partial charge >= 0.3 is 5.97 Å². The number of rotatable bonds is 4. The van der Waals surface area contributed by atoms with Gasteiger partial charge < -0.3 is 9.15 Å². The minimum absolute atomic E-state index is 0.347. The fourth-order valence-corrected chi connectivity index (χ4v) is 1.60. The Bertz CT molecular complexity index is 524. The highest BCUT2D eigenvalue weighted by Crippen LogP contribution is 2.19. The Morgan fingerprint density at radius 1 is 1.22 bits per heavy atom. The van der Waals surface area contributed by atoms with E-state index in [1.807, 2.05) is 30.3 Å². The van der Waals surface area contributed by atoms with Crippen molar-refractivity contribution in [2.75, 3.05) is 6.61 Å². The van der Waals surface area contributed by atoms with E-state index in [4.69, 9.17) is 9.15 Å². The van der Waals surface area contributed by atoms with Crippen molar-refractivity contribution in [2.24, 2.45) is 0 Å². The van der Waals surface area contributed by atoms with E-state index >= 15 is 0 Å². The molecule has 0 saturated heterocycles. The minimum atomic E-state index is -0.347. The monoisotopic (exact) mass is 242 g/mol. The molecule has 0 atom stereocenters. The number of esters is 1. The predicted molar refractivity (Wildman–Crippen MR) is 69.7 cm³/mol. The molecule has 0 aliphatic heterocycles. The summed E-state index contributed by atoms with van der Waals surface area (Å²) in [5.74, 6) is 0.280. The van der Waals surface area contributed by atoms with Crippen LogP contribution in [0.1, 0.15) is 18.2 Å². The lowest BCUT2D eigenvalue weighted by Gasteiger charge is -2.06. The molecule has 0 radical (unpaired) electrons. The van der Waals surface area contributed by atoms with Gasteiger partial charge in [0.2, 0.25) is 0 Å². The maximum Gasteiger partial charge on any atom is 0.338 e. The number of furan rings is 1. The van der Waals surface area contributed by atoms with Gasteiger partial charge in [0, 0.05) is 0 Å². The Hall–Kier alpha value is -2.29. The van der Waals surface area contributed by atoms with Crippen LogP contribution in [0.15, 0.2) is 53.1 Å². The van der Waals surface area contributed by atoms with Crippen molar-refractivity contribution in [3.05, 3.63) is 60.1 Å². The van der Waals surface area contributed by atoms with Gasteiger partial charge in [-0.05, 0) is 30.7 Å². The van der Waals surface area contributed by atoms with Gasteiger partial charge in [0.1, 0.15) is 5.76 Å². The van der Waals surface area contributed by atoms with Gasteiger partial charge in [-0.3, -0.25) is 0 Å². The molecule has 0 N–H and O–H groups in total. The number of carbonyl (C=O) groups is 1. The standard InChI is InChI=1S/C15H14O3/c1-2-17-15(16)14(11-13-9-6-10-18-13)12-7-4-3-5-8-12/h3-11H,2H2,1H3/b14-11-. The lowest BCUT2D eigenvalue weighted by molar-refractivity contribution is -0.136. The van der Waals surface area contributed by atoms with Gasteiger partial charge in [-0.25, -0.2) is 4.79 Å². The lowest BCUT2D eigenvalue weighted by atomic mass is 10.1. The van der Waals surface area contributed by atoms with Gasteiger partial charge in [-0.15, -0.1) is 0 Å². The second-order valence-corrected chi connectivity index (χ2v) is 3.66. The van der Waals surface area contributed by atoms with Crippen LogP contribution >= 0.6 is 0 Å². The fourth-order valence-electron chi connectivity index (χ4n) is 1.60. The van der Waals surface area contributed by atoms with Gasteiger partial charge in [0.25, 0.3) is 0 Å². The van der Waals surface area contributed by atoms with Gasteiger partial charge in [-0.2, -0.15) is 0 Å². The highest BCUT2D eigenvalue weighted by Gasteiger charge is 2.13. The molecule has 3 heteroatoms. The van der Waals surface area contributed by atoms with Crippen LogP contribution in [0.4, 0.5) is 0 Å². The van der Waals surface area contributed by atoms with Crippen LogP contribution in [0.3, 0.4) is 0 Å². The summed E-state index contributed by atoms with van der Waals surface area (Å²) in [7, 11) is 0. The summed E-state index contributed by atoms with van der Waals surface area (Å²) in [4.78, 5) is 11.9. The Morgan fingerprint density at radius 3 is 2.61 bits per heavy atom. The molecule has 0 fully saturated rings. The average molecular weight is 242 g/mol. The van der Waals surface area contributed by atoms with Crippen LogP contribution in [-0.4, -0.2) is 12.6 Å². The van der Waals surface area contributed by atoms with E-state index in [1.54, 1.807) is 31.4 Å². The number of ether oxygens (including phenoxy) is 1. The molecule has 1 heterocycles. The fraction of sp³-hybridized carbons (Fsp3) is 0.133. The molecule has 2 aromatic rings. The van der Waals surface area contributed by atoms with Crippen LogP contribution in [0.25, 0.3) is 11.6 Å². The highest BCUT2D eigenvalue weighted by atomic mass is 16.5. The third-order valence-corrected chi connectivity index (χ3v) is 2.41. The van der Waals surface area contributed by atoms with Gasteiger partial charge in [-0.1, -0.05) is 30.3 Å². The Labute approximate surface area is 106 Å². The lowest BCUT2D eigenvalue weighted by Crippen LogP contribution is -2.06. The minimum Gasteiger partial charge on any atom is -0.465 e. The SMILES string of the molecule is CCOC(=O)/C(=C\c1ccco1)c1ccccc1. The number of hydrogen-bond acceptors (Lipinski definition) is 3. The molecule has 0 aliphatic carbocycles. The van der Waals surface area contributed by atoms with E-state index in [9.17, 15) is 4.79 Å². The van der Waals surface area contributed by atoms with Crippen molar-refractivity contribution >= 4 is 17.6 Å². The first-order valence-electron chi connectivity index (χ1n) is 5.79. The smallest absolute Gasteiger partial charge is 0.338 e. The third-order valence-electron chi connectivity index (χ3n) is 2.41. The molecule has 3 nitrogen and oxygen atoms in total. The number of carbonyl (C=O) groups excluding carboxylic acids is 1. The first-order chi connectivity index (χ1) is 8.81. The molecule has 0 spiro atoms. The maximum atomic E-state index is 11.9. The first-order valence-corrected chi connectivity index (χ1v) is 5.79. The van der Waals surface area contributed by atoms with Crippen molar-refractivity contribution < 1.29 is 13.9 Å². The van der Waals surface area contributed by atoms with Crippen LogP contribution < -0.4 is 0 Å². The summed E-state index contributed by atoms with van der Waals surface area (Å²) in [6.45, 7) is 2.13. The topological polar surface area (TPSA) is 39.4 Å². The van der Waals surface area contributed by atoms with Crippen molar-refractivity contribution in [3.8, 4) is 0 Å². The molecule has 1 aromatic carbocycles. The molecule has 2 rings (SSSR count). The van der Waals surface area contributed by atoms with Crippen LogP contribution in [-0.2, 0) is 9.53 Å². The molecule has 1 aromatic heterocycles. The van der Waals surface area contributed by atoms with Crippen molar-refractivity contribution in [1.82, 2.24) is 0 Å². The van der Waals surface area contributed by atoms with Crippen molar-refractivity contribution in [1.29, 1.82) is 0 Å². The highest BCUT2D eigenvalue weighted by molar-refractivity contribution is 6.21. The Morgan fingerprint density at radius 2 is 2.00 bits per heavy atom. The number of hydrogen-bond donors (Lipinski definition) is 0. The number of benzene rings is 1. The Balaban J connectivity index is 2.38. The van der Waals surface area contributed by atoms with Crippen molar-refractivity contribution in [3.63, 3.8) is 0 Å². The molecular weight excluding hydrogens is 228 g/mol. The summed E-state index contributed by atoms with van der Waals surface area (Å²) >= 11 is 0. The van der Waals surface area contributed by atoms with E-state index in [2.05, 4.69) is 0 Å². The molecule has 0 saturated carbocycles. The van der Waals surface area contributed by atoms with E-state index in [0.717, 1.165) is 5.56 Å². The van der Waals surface area contributed by atoms with Crippen molar-refractivity contribution in [2.45, 2.75) is 6.92 Å². The molecule has 18 heavy (non-hydrogen) atoms.